The van der Waals surface area contributed by atoms with Gasteiger partial charge in [-0.05, 0) is 47.7 Å². The molecule has 4 nitrogen and oxygen atoms in total. The van der Waals surface area contributed by atoms with Gasteiger partial charge in [0.25, 0.3) is 0 Å². The predicted octanol–water partition coefficient (Wildman–Crippen LogP) is 2.70. The summed E-state index contributed by atoms with van der Waals surface area (Å²) in [5.74, 6) is -0.0283. The number of alkyl halides is 1. The Morgan fingerprint density at radius 1 is 1.59 bits per heavy atom. The van der Waals surface area contributed by atoms with Gasteiger partial charge in [0.05, 0.1) is 23.7 Å². The van der Waals surface area contributed by atoms with Gasteiger partial charge in [-0.2, -0.15) is 0 Å². The number of halogens is 2. The number of hydrogen-bond acceptors (Lipinski definition) is 3. The number of carbonyl (C=O) groups excluding carboxylic acids is 1. The minimum Gasteiger partial charge on any atom is -0.462 e. The molecule has 2 N–H and O–H groups in total. The van der Waals surface area contributed by atoms with Crippen LogP contribution in [0.25, 0.3) is 0 Å². The lowest BCUT2D eigenvalue weighted by Gasteiger charge is -2.06. The van der Waals surface area contributed by atoms with Crippen molar-refractivity contribution < 1.29 is 9.53 Å². The molecular weight excluding hydrogens is 354 g/mol. The van der Waals surface area contributed by atoms with Gasteiger partial charge in [-0.25, -0.2) is 9.79 Å². The van der Waals surface area contributed by atoms with Gasteiger partial charge in [0.15, 0.2) is 0 Å². The molecule has 0 saturated heterocycles. The van der Waals surface area contributed by atoms with Crippen molar-refractivity contribution in [2.75, 3.05) is 12.5 Å². The maximum Gasteiger partial charge on any atom is 0.340 e. The second-order valence-corrected chi connectivity index (χ2v) is 4.63. The van der Waals surface area contributed by atoms with E-state index >= 15 is 0 Å². The third-order valence-corrected chi connectivity index (χ3v) is 2.80. The summed E-state index contributed by atoms with van der Waals surface area (Å²) < 4.78 is 5.88. The van der Waals surface area contributed by atoms with Crippen molar-refractivity contribution in [3.05, 3.63) is 27.3 Å². The minimum atomic E-state index is -0.410. The topological polar surface area (TPSA) is 64.7 Å². The number of amidine groups is 1. The zero-order valence-corrected chi connectivity index (χ0v) is 12.2. The number of carbonyl (C=O) groups is 1. The molecule has 6 heteroatoms. The van der Waals surface area contributed by atoms with Gasteiger partial charge in [0.2, 0.25) is 0 Å². The molecule has 0 spiro atoms. The zero-order valence-electron chi connectivity index (χ0n) is 9.24. The van der Waals surface area contributed by atoms with Gasteiger partial charge in [-0.3, -0.25) is 0 Å². The van der Waals surface area contributed by atoms with Crippen molar-refractivity contribution >= 4 is 51.7 Å². The van der Waals surface area contributed by atoms with Crippen LogP contribution in [0.3, 0.4) is 0 Å². The van der Waals surface area contributed by atoms with E-state index < -0.39 is 5.97 Å². The van der Waals surface area contributed by atoms with E-state index in [1.165, 1.54) is 0 Å². The van der Waals surface area contributed by atoms with E-state index in [-0.39, 0.29) is 11.7 Å². The van der Waals surface area contributed by atoms with Crippen molar-refractivity contribution in [1.29, 1.82) is 0 Å². The first-order valence-electron chi connectivity index (χ1n) is 4.94. The SMILES string of the molecule is CCOC(=O)c1cc(I)ccc1N=C(N)CCl. The van der Waals surface area contributed by atoms with Gasteiger partial charge in [-0.1, -0.05) is 0 Å². The normalized spacial score (nSPS) is 11.4. The van der Waals surface area contributed by atoms with E-state index in [9.17, 15) is 4.79 Å². The lowest BCUT2D eigenvalue weighted by Crippen LogP contribution is -2.13. The average molecular weight is 367 g/mol. The molecule has 0 atom stereocenters. The molecule has 0 unspecified atom stereocenters. The molecule has 1 aromatic carbocycles. The van der Waals surface area contributed by atoms with Crippen molar-refractivity contribution in [2.24, 2.45) is 10.7 Å². The highest BCUT2D eigenvalue weighted by Gasteiger charge is 2.12. The largest absolute Gasteiger partial charge is 0.462 e. The van der Waals surface area contributed by atoms with E-state index in [1.807, 2.05) is 6.07 Å². The fourth-order valence-electron chi connectivity index (χ4n) is 1.16. The average Bonchev–Trinajstić information content (AvgIpc) is 2.31. The fraction of sp³-hybridized carbons (Fsp3) is 0.273. The highest BCUT2D eigenvalue weighted by Crippen LogP contribution is 2.22. The third kappa shape index (κ3) is 4.16. The standard InChI is InChI=1S/C11H12ClIN2O2/c1-2-17-11(16)8-5-7(13)3-4-9(8)15-10(14)6-12/h3-5H,2,6H2,1H3,(H2,14,15). The molecule has 0 aliphatic rings. The number of rotatable bonds is 4. The number of hydrogen-bond donors (Lipinski definition) is 1. The molecule has 0 amide bonds. The highest BCUT2D eigenvalue weighted by molar-refractivity contribution is 14.1. The van der Waals surface area contributed by atoms with Gasteiger partial charge in [-0.15, -0.1) is 11.6 Å². The van der Waals surface area contributed by atoms with E-state index in [0.717, 1.165) is 3.57 Å². The molecule has 0 fully saturated rings. The summed E-state index contributed by atoms with van der Waals surface area (Å²) in [6, 6.07) is 5.26. The Kier molecular flexibility index (Phi) is 5.70. The second kappa shape index (κ2) is 6.80. The maximum atomic E-state index is 11.7. The molecule has 17 heavy (non-hydrogen) atoms. The van der Waals surface area contributed by atoms with Crippen LogP contribution in [0.5, 0.6) is 0 Å². The summed E-state index contributed by atoms with van der Waals surface area (Å²) in [5.41, 5.74) is 6.42. The van der Waals surface area contributed by atoms with E-state index in [0.29, 0.717) is 17.9 Å². The predicted molar refractivity (Wildman–Crippen MR) is 77.1 cm³/mol. The van der Waals surface area contributed by atoms with Gasteiger partial charge >= 0.3 is 5.97 Å². The van der Waals surface area contributed by atoms with Crippen molar-refractivity contribution in [2.45, 2.75) is 6.92 Å². The van der Waals surface area contributed by atoms with Gasteiger partial charge < -0.3 is 10.5 Å². The second-order valence-electron chi connectivity index (χ2n) is 3.12. The Hall–Kier alpha value is -0.820. The first kappa shape index (κ1) is 14.2. The molecule has 1 aromatic rings. The third-order valence-electron chi connectivity index (χ3n) is 1.85. The van der Waals surface area contributed by atoms with Crippen LogP contribution in [0.15, 0.2) is 23.2 Å². The summed E-state index contributed by atoms with van der Waals surface area (Å²) in [5, 5.41) is 0. The number of ether oxygens (including phenoxy) is 1. The maximum absolute atomic E-state index is 11.7. The van der Waals surface area contributed by atoms with E-state index in [4.69, 9.17) is 22.1 Å². The Morgan fingerprint density at radius 2 is 2.29 bits per heavy atom. The number of esters is 1. The number of aliphatic imine (C=N–C) groups is 1. The minimum absolute atomic E-state index is 0.119. The van der Waals surface area contributed by atoms with Crippen LogP contribution >= 0.6 is 34.2 Å². The van der Waals surface area contributed by atoms with Crippen LogP contribution in [0.1, 0.15) is 17.3 Å². The highest BCUT2D eigenvalue weighted by atomic mass is 127. The smallest absolute Gasteiger partial charge is 0.340 e. The van der Waals surface area contributed by atoms with Crippen LogP contribution in [-0.2, 0) is 4.74 Å². The molecule has 0 saturated carbocycles. The first-order valence-corrected chi connectivity index (χ1v) is 6.55. The monoisotopic (exact) mass is 366 g/mol. The van der Waals surface area contributed by atoms with Crippen LogP contribution in [0.4, 0.5) is 5.69 Å². The van der Waals surface area contributed by atoms with E-state index in [1.54, 1.807) is 19.1 Å². The van der Waals surface area contributed by atoms with Crippen LogP contribution in [0.2, 0.25) is 0 Å². The molecule has 0 radical (unpaired) electrons. The molecule has 92 valence electrons. The molecule has 0 aromatic heterocycles. The molecule has 1 rings (SSSR count). The quantitative estimate of drug-likeness (QED) is 0.293. The lowest BCUT2D eigenvalue weighted by molar-refractivity contribution is 0.0527. The number of benzene rings is 1. The Morgan fingerprint density at radius 3 is 2.88 bits per heavy atom. The molecule has 0 aliphatic carbocycles. The number of nitrogens with zero attached hydrogens (tertiary/aromatic N) is 1. The molecule has 0 bridgehead atoms. The Labute approximate surface area is 118 Å². The summed E-state index contributed by atoms with van der Waals surface area (Å²) in [4.78, 5) is 15.8. The molecular formula is C11H12ClIN2O2. The summed E-state index contributed by atoms with van der Waals surface area (Å²) >= 11 is 7.67. The van der Waals surface area contributed by atoms with Crippen LogP contribution in [0, 0.1) is 3.57 Å². The Balaban J connectivity index is 3.16. The lowest BCUT2D eigenvalue weighted by atomic mass is 10.2. The Bertz CT molecular complexity index is 449. The van der Waals surface area contributed by atoms with Crippen molar-refractivity contribution in [1.82, 2.24) is 0 Å². The molecule has 0 aliphatic heterocycles. The number of nitrogens with two attached hydrogens (primary N) is 1. The summed E-state index contributed by atoms with van der Waals surface area (Å²) in [6.45, 7) is 2.07. The van der Waals surface area contributed by atoms with Crippen LogP contribution in [-0.4, -0.2) is 24.3 Å². The summed E-state index contributed by atoms with van der Waals surface area (Å²) in [7, 11) is 0. The summed E-state index contributed by atoms with van der Waals surface area (Å²) in [6.07, 6.45) is 0. The fourth-order valence-corrected chi connectivity index (χ4v) is 1.71. The molecule has 0 heterocycles. The first-order chi connectivity index (χ1) is 8.08. The van der Waals surface area contributed by atoms with Crippen molar-refractivity contribution in [3.63, 3.8) is 0 Å². The van der Waals surface area contributed by atoms with Gasteiger partial charge in [0.1, 0.15) is 5.84 Å². The van der Waals surface area contributed by atoms with Gasteiger partial charge in [0, 0.05) is 3.57 Å². The van der Waals surface area contributed by atoms with Crippen LogP contribution < -0.4 is 5.73 Å². The zero-order chi connectivity index (χ0) is 12.8. The van der Waals surface area contributed by atoms with E-state index in [2.05, 4.69) is 27.6 Å². The van der Waals surface area contributed by atoms with Crippen molar-refractivity contribution in [3.8, 4) is 0 Å².